The molecule has 0 amide bonds. The molecule has 2 aromatic rings. The van der Waals surface area contributed by atoms with Gasteiger partial charge in [-0.1, -0.05) is 94.0 Å². The normalized spacial score (nSPS) is 46.2. The average Bonchev–Trinajstić information content (AvgIpc) is 3.69. The van der Waals surface area contributed by atoms with Crippen LogP contribution in [0.15, 0.2) is 66.3 Å². The van der Waals surface area contributed by atoms with Crippen LogP contribution in [-0.2, 0) is 0 Å². The molecule has 0 spiro atoms. The Morgan fingerprint density at radius 3 is 2.04 bits per heavy atom. The zero-order valence-electron chi connectivity index (χ0n) is 34.8. The fourth-order valence-electron chi connectivity index (χ4n) is 16.2. The Labute approximate surface area is 328 Å². The van der Waals surface area contributed by atoms with Gasteiger partial charge in [0.25, 0.3) is 0 Å². The number of aliphatic hydroxyl groups is 2. The Hall–Kier alpha value is -2.16. The van der Waals surface area contributed by atoms with Crippen molar-refractivity contribution >= 4 is 5.57 Å². The lowest BCUT2D eigenvalue weighted by atomic mass is 9.44. The van der Waals surface area contributed by atoms with E-state index < -0.39 is 0 Å². The maximum Gasteiger partial charge on any atom is 0.0577 e. The van der Waals surface area contributed by atoms with E-state index in [0.29, 0.717) is 21.7 Å². The first-order valence-electron chi connectivity index (χ1n) is 22.7. The van der Waals surface area contributed by atoms with Crippen LogP contribution < -0.4 is 0 Å². The molecule has 1 unspecified atom stereocenters. The van der Waals surface area contributed by atoms with E-state index in [0.717, 1.165) is 73.0 Å². The fourth-order valence-corrected chi connectivity index (χ4v) is 16.2. The highest BCUT2D eigenvalue weighted by atomic mass is 16.3. The first kappa shape index (κ1) is 37.4. The molecular formula is C52H72O2. The second kappa shape index (κ2) is 13.7. The molecule has 2 N–H and O–H groups in total. The van der Waals surface area contributed by atoms with Gasteiger partial charge in [0.2, 0.25) is 0 Å². The summed E-state index contributed by atoms with van der Waals surface area (Å²) in [6, 6.07) is 18.2. The van der Waals surface area contributed by atoms with Gasteiger partial charge in [-0.25, -0.2) is 0 Å². The van der Waals surface area contributed by atoms with E-state index >= 15 is 0 Å². The highest BCUT2D eigenvalue weighted by Gasteiger charge is 2.61. The molecule has 0 aliphatic heterocycles. The largest absolute Gasteiger partial charge is 0.393 e. The van der Waals surface area contributed by atoms with Gasteiger partial charge in [0, 0.05) is 0 Å². The van der Waals surface area contributed by atoms with E-state index in [-0.39, 0.29) is 12.2 Å². The molecule has 2 aromatic carbocycles. The minimum Gasteiger partial charge on any atom is -0.393 e. The summed E-state index contributed by atoms with van der Waals surface area (Å²) >= 11 is 0. The number of hydrogen-bond acceptors (Lipinski definition) is 2. The Balaban J connectivity index is 0.000000142. The molecule has 0 aromatic heterocycles. The number of fused-ring (bicyclic) bond motifs is 10. The summed E-state index contributed by atoms with van der Waals surface area (Å²) in [5.74, 6) is 6.73. The Morgan fingerprint density at radius 2 is 1.24 bits per heavy atom. The first-order valence-corrected chi connectivity index (χ1v) is 22.7. The predicted octanol–water partition coefficient (Wildman–Crippen LogP) is 12.8. The van der Waals surface area contributed by atoms with E-state index in [4.69, 9.17) is 0 Å². The number of aryl methyl sites for hydroxylation is 2. The van der Waals surface area contributed by atoms with Crippen molar-refractivity contribution in [3.05, 3.63) is 88.5 Å². The summed E-state index contributed by atoms with van der Waals surface area (Å²) in [5.41, 5.74) is 10.9. The van der Waals surface area contributed by atoms with Crippen LogP contribution in [0.5, 0.6) is 0 Å². The smallest absolute Gasteiger partial charge is 0.0577 e. The molecule has 2 nitrogen and oxygen atoms in total. The lowest BCUT2D eigenvalue weighted by Crippen LogP contribution is -2.53. The summed E-state index contributed by atoms with van der Waals surface area (Å²) in [7, 11) is 0. The molecule has 0 radical (unpaired) electrons. The van der Waals surface area contributed by atoms with Crippen molar-refractivity contribution in [3.8, 4) is 0 Å². The molecule has 2 heteroatoms. The second-order valence-electron chi connectivity index (χ2n) is 21.4. The number of aliphatic hydroxyl groups excluding tert-OH is 2. The monoisotopic (exact) mass is 729 g/mol. The van der Waals surface area contributed by atoms with Crippen molar-refractivity contribution in [2.75, 3.05) is 0 Å². The zero-order chi connectivity index (χ0) is 37.6. The van der Waals surface area contributed by atoms with Crippen molar-refractivity contribution in [3.63, 3.8) is 0 Å². The fraction of sp³-hybridized carbons (Fsp3) is 0.692. The Kier molecular flexibility index (Phi) is 9.53. The molecule has 0 bridgehead atoms. The molecule has 54 heavy (non-hydrogen) atoms. The number of rotatable bonds is 2. The lowest BCUT2D eigenvalue weighted by molar-refractivity contribution is -0.122. The maximum atomic E-state index is 10.2. The molecule has 6 saturated carbocycles. The quantitative estimate of drug-likeness (QED) is 0.302. The van der Waals surface area contributed by atoms with E-state index in [1.54, 1.807) is 16.7 Å². The maximum absolute atomic E-state index is 10.2. The second-order valence-corrected chi connectivity index (χ2v) is 21.4. The van der Waals surface area contributed by atoms with Crippen LogP contribution in [0.4, 0.5) is 0 Å². The van der Waals surface area contributed by atoms with E-state index in [1.807, 2.05) is 0 Å². The third-order valence-electron chi connectivity index (χ3n) is 19.3. The van der Waals surface area contributed by atoms with Crippen molar-refractivity contribution in [2.24, 2.45) is 63.1 Å². The van der Waals surface area contributed by atoms with Gasteiger partial charge in [-0.15, -0.1) is 0 Å². The van der Waals surface area contributed by atoms with Crippen LogP contribution in [-0.4, -0.2) is 22.4 Å². The molecule has 14 atom stereocenters. The summed E-state index contributed by atoms with van der Waals surface area (Å²) in [4.78, 5) is 0. The number of allylic oxidation sites excluding steroid dienone is 3. The van der Waals surface area contributed by atoms with E-state index in [1.165, 1.54) is 93.7 Å². The van der Waals surface area contributed by atoms with Gasteiger partial charge in [-0.05, 0) is 213 Å². The van der Waals surface area contributed by atoms with E-state index in [2.05, 4.69) is 102 Å². The Bertz CT molecular complexity index is 1790. The van der Waals surface area contributed by atoms with Gasteiger partial charge in [0.05, 0.1) is 12.2 Å². The van der Waals surface area contributed by atoms with Gasteiger partial charge >= 0.3 is 0 Å². The molecular weight excluding hydrogens is 657 g/mol. The van der Waals surface area contributed by atoms with Crippen molar-refractivity contribution < 1.29 is 10.2 Å². The van der Waals surface area contributed by atoms with Crippen LogP contribution in [0.2, 0.25) is 0 Å². The van der Waals surface area contributed by atoms with Crippen LogP contribution in [0, 0.1) is 76.9 Å². The zero-order valence-corrected chi connectivity index (χ0v) is 34.8. The van der Waals surface area contributed by atoms with Crippen molar-refractivity contribution in [1.82, 2.24) is 0 Å². The van der Waals surface area contributed by atoms with Gasteiger partial charge in [0.15, 0.2) is 0 Å². The summed E-state index contributed by atoms with van der Waals surface area (Å²) in [6.07, 6.45) is 25.2. The number of benzene rings is 2. The molecule has 10 rings (SSSR count). The SMILES string of the molecule is Cc1ccccc1C1=CC[C@H]2[C@@H]3CC=C4C[C@@H](O)CC[C@]4(C)[C@H]3CC[C@]12C.Cc1ccccc1[C@H]1CC[C@H]2[C@@H]3CCC4C[C@@H](O)CC[C@]4(C)[C@H]3CC[C@]12C. The molecule has 6 fully saturated rings. The van der Waals surface area contributed by atoms with Gasteiger partial charge in [-0.2, -0.15) is 0 Å². The topological polar surface area (TPSA) is 40.5 Å². The molecule has 0 heterocycles. The molecule has 292 valence electrons. The van der Waals surface area contributed by atoms with Crippen molar-refractivity contribution in [1.29, 1.82) is 0 Å². The van der Waals surface area contributed by atoms with Crippen LogP contribution in [0.3, 0.4) is 0 Å². The minimum absolute atomic E-state index is 0.0228. The molecule has 8 aliphatic carbocycles. The van der Waals surface area contributed by atoms with Crippen LogP contribution in [0.25, 0.3) is 5.57 Å². The predicted molar refractivity (Wildman–Crippen MR) is 224 cm³/mol. The van der Waals surface area contributed by atoms with E-state index in [9.17, 15) is 10.2 Å². The third kappa shape index (κ3) is 5.75. The minimum atomic E-state index is -0.101. The van der Waals surface area contributed by atoms with Crippen LogP contribution in [0.1, 0.15) is 159 Å². The Morgan fingerprint density at radius 1 is 0.556 bits per heavy atom. The van der Waals surface area contributed by atoms with Crippen molar-refractivity contribution in [2.45, 2.75) is 162 Å². The summed E-state index contributed by atoms with van der Waals surface area (Å²) in [5, 5.41) is 20.4. The highest BCUT2D eigenvalue weighted by molar-refractivity contribution is 5.75. The highest BCUT2D eigenvalue weighted by Crippen LogP contribution is 2.70. The standard InChI is InChI=1S/C26H38O.C26H34O/c2*1-17-6-4-5-7-20(17)22-10-11-23-21-9-8-18-16-19(27)12-14-25(18,2)24(21)13-15-26(22,23)3/h4-7,18-19,21-24,27H,8-16H2,1-3H3;4-8,10,19,21,23-24,27H,9,11-16H2,1-3H3/t18?,19-,21-,22+,23-,24-,25-,26+;19-,21-,23-,24-,25-,26+/m00/s1. The van der Waals surface area contributed by atoms with Gasteiger partial charge < -0.3 is 10.2 Å². The lowest BCUT2D eigenvalue weighted by Gasteiger charge is -2.61. The van der Waals surface area contributed by atoms with Gasteiger partial charge in [-0.3, -0.25) is 0 Å². The van der Waals surface area contributed by atoms with Gasteiger partial charge in [0.1, 0.15) is 0 Å². The molecule has 0 saturated heterocycles. The summed E-state index contributed by atoms with van der Waals surface area (Å²) < 4.78 is 0. The molecule has 8 aliphatic rings. The number of hydrogen-bond donors (Lipinski definition) is 2. The van der Waals surface area contributed by atoms with Crippen LogP contribution >= 0.6 is 0 Å². The first-order chi connectivity index (χ1) is 25.9. The average molecular weight is 729 g/mol. The summed E-state index contributed by atoms with van der Waals surface area (Å²) in [6.45, 7) is 14.9. The third-order valence-corrected chi connectivity index (χ3v) is 19.3.